The maximum Gasteiger partial charge on any atom is 0.0662 e. The molecule has 0 aliphatic carbocycles. The lowest BCUT2D eigenvalue weighted by Crippen LogP contribution is -1.85. The van der Waals surface area contributed by atoms with Gasteiger partial charge in [-0.2, -0.15) is 0 Å². The van der Waals surface area contributed by atoms with Crippen LogP contribution in [0, 0.1) is 0 Å². The van der Waals surface area contributed by atoms with Crippen LogP contribution in [0.5, 0.6) is 0 Å². The van der Waals surface area contributed by atoms with Crippen molar-refractivity contribution in [1.29, 1.82) is 0 Å². The summed E-state index contributed by atoms with van der Waals surface area (Å²) in [6, 6.07) is 0. The van der Waals surface area contributed by atoms with E-state index in [9.17, 15) is 0 Å². The van der Waals surface area contributed by atoms with E-state index in [0.29, 0.717) is 0 Å². The molecule has 0 fully saturated rings. The second-order valence-electron chi connectivity index (χ2n) is 0.447. The first kappa shape index (κ1) is 49.6. The first-order chi connectivity index (χ1) is 6.91. The Morgan fingerprint density at radius 1 is 0.467 bits per heavy atom. The highest BCUT2D eigenvalue weighted by molar-refractivity contribution is 4.23. The summed E-state index contributed by atoms with van der Waals surface area (Å²) in [5, 5.41) is 15.2. The predicted octanol–water partition coefficient (Wildman–Crippen LogP) is 3.14. The van der Waals surface area contributed by atoms with E-state index in [-0.39, 0.29) is 19.4 Å². The van der Waals surface area contributed by atoms with E-state index in [4.69, 9.17) is 10.2 Å². The minimum atomic E-state index is -0.125. The van der Waals surface area contributed by atoms with Crippen molar-refractivity contribution >= 4 is 0 Å². The third kappa shape index (κ3) is 7980. The highest BCUT2D eigenvalue weighted by Crippen LogP contribution is 1.39. The molecule has 5 N–H and O–H groups in total. The zero-order valence-corrected chi connectivity index (χ0v) is 10.1. The predicted molar refractivity (Wildman–Crippen MR) is 75.5 cm³/mol. The Labute approximate surface area is 96.1 Å². The second-order valence-corrected chi connectivity index (χ2v) is 0.447. The van der Waals surface area contributed by atoms with Gasteiger partial charge in [0.05, 0.1) is 13.2 Å². The lowest BCUT2D eigenvalue weighted by Gasteiger charge is -1.70. The molecule has 0 aromatic carbocycles. The molecule has 0 heterocycles. The van der Waals surface area contributed by atoms with Crippen molar-refractivity contribution in [3.63, 3.8) is 0 Å². The summed E-state index contributed by atoms with van der Waals surface area (Å²) < 4.78 is 0. The average Bonchev–Trinajstić information content (AvgIpc) is 2.41. The molecular weight excluding hydrogens is 190 g/mol. The minimum absolute atomic E-state index is 0. The standard InChI is InChI=1S/C2H6O2.5C2H4.H3N/c3-1-2-4;5*1-2;/h3-4H,1-2H2;5*1-2H2;1H3. The summed E-state index contributed by atoms with van der Waals surface area (Å²) in [7, 11) is 0. The molecule has 0 saturated heterocycles. The van der Waals surface area contributed by atoms with Crippen molar-refractivity contribution in [2.45, 2.75) is 0 Å². The quantitative estimate of drug-likeness (QED) is 0.593. The lowest BCUT2D eigenvalue weighted by atomic mass is 10.8. The monoisotopic (exact) mass is 219 g/mol. The van der Waals surface area contributed by atoms with Crippen LogP contribution in [0.4, 0.5) is 0 Å². The van der Waals surface area contributed by atoms with E-state index >= 15 is 0 Å². The van der Waals surface area contributed by atoms with Crippen LogP contribution in [-0.4, -0.2) is 23.4 Å². The third-order valence-corrected chi connectivity index (χ3v) is 0.1000. The Hall–Kier alpha value is -1.42. The molecule has 3 nitrogen and oxygen atoms in total. The zero-order valence-electron chi connectivity index (χ0n) is 10.1. The summed E-state index contributed by atoms with van der Waals surface area (Å²) in [5.41, 5.74) is 0. The van der Waals surface area contributed by atoms with Gasteiger partial charge in [-0.1, -0.05) is 0 Å². The number of hydrogen-bond donors (Lipinski definition) is 3. The van der Waals surface area contributed by atoms with Crippen molar-refractivity contribution in [1.82, 2.24) is 6.15 Å². The van der Waals surface area contributed by atoms with E-state index in [0.717, 1.165) is 0 Å². The van der Waals surface area contributed by atoms with Gasteiger partial charge in [-0.05, 0) is 0 Å². The van der Waals surface area contributed by atoms with Crippen molar-refractivity contribution in [3.05, 3.63) is 65.8 Å². The van der Waals surface area contributed by atoms with Gasteiger partial charge in [0.2, 0.25) is 0 Å². The molecule has 0 saturated carbocycles. The molecule has 0 atom stereocenters. The van der Waals surface area contributed by atoms with Crippen LogP contribution in [0.3, 0.4) is 0 Å². The summed E-state index contributed by atoms with van der Waals surface area (Å²) in [4.78, 5) is 0. The molecule has 94 valence electrons. The number of hydrogen-bond acceptors (Lipinski definition) is 3. The van der Waals surface area contributed by atoms with Crippen LogP contribution in [0.2, 0.25) is 0 Å². The van der Waals surface area contributed by atoms with E-state index < -0.39 is 0 Å². The van der Waals surface area contributed by atoms with E-state index in [1.54, 1.807) is 0 Å². The topological polar surface area (TPSA) is 75.5 Å². The molecule has 0 rings (SSSR count). The van der Waals surface area contributed by atoms with Crippen molar-refractivity contribution in [2.24, 2.45) is 0 Å². The molecule has 0 unspecified atom stereocenters. The van der Waals surface area contributed by atoms with E-state index in [1.807, 2.05) is 0 Å². The zero-order chi connectivity index (χ0) is 13.4. The highest BCUT2D eigenvalue weighted by atomic mass is 16.3. The largest absolute Gasteiger partial charge is 0.394 e. The highest BCUT2D eigenvalue weighted by Gasteiger charge is 1.58. The Kier molecular flexibility index (Phi) is 16600. The van der Waals surface area contributed by atoms with Crippen LogP contribution in [0.15, 0.2) is 65.8 Å². The molecule has 0 aromatic heterocycles. The van der Waals surface area contributed by atoms with Gasteiger partial charge in [-0.25, -0.2) is 0 Å². The van der Waals surface area contributed by atoms with Gasteiger partial charge < -0.3 is 16.4 Å². The van der Waals surface area contributed by atoms with Crippen molar-refractivity contribution < 1.29 is 10.2 Å². The molecule has 0 aromatic rings. The maximum atomic E-state index is 7.62. The van der Waals surface area contributed by atoms with E-state index in [2.05, 4.69) is 65.8 Å². The molecule has 0 aliphatic heterocycles. The Balaban J connectivity index is -0.0000000105. The Morgan fingerprint density at radius 3 is 0.533 bits per heavy atom. The number of rotatable bonds is 1. The Morgan fingerprint density at radius 2 is 0.533 bits per heavy atom. The van der Waals surface area contributed by atoms with E-state index in [1.165, 1.54) is 0 Å². The summed E-state index contributed by atoms with van der Waals surface area (Å²) in [6.07, 6.45) is 0. The Bertz CT molecular complexity index is 39.3. The van der Waals surface area contributed by atoms with Crippen LogP contribution in [0.25, 0.3) is 0 Å². The summed E-state index contributed by atoms with van der Waals surface area (Å²) in [6.45, 7) is 29.8. The number of aliphatic hydroxyl groups excluding tert-OH is 2. The molecule has 0 radical (unpaired) electrons. The van der Waals surface area contributed by atoms with Gasteiger partial charge in [0.25, 0.3) is 0 Å². The molecule has 3 heteroatoms. The molecule has 15 heavy (non-hydrogen) atoms. The van der Waals surface area contributed by atoms with Gasteiger partial charge in [-0.15, -0.1) is 65.8 Å². The summed E-state index contributed by atoms with van der Waals surface area (Å²) >= 11 is 0. The number of aliphatic hydroxyl groups is 2. The average molecular weight is 219 g/mol. The van der Waals surface area contributed by atoms with Gasteiger partial charge in [-0.3, -0.25) is 0 Å². The molecule has 0 amide bonds. The van der Waals surface area contributed by atoms with Gasteiger partial charge in [0.1, 0.15) is 0 Å². The maximum absolute atomic E-state index is 7.62. The molecule has 0 bridgehead atoms. The fourth-order valence-electron chi connectivity index (χ4n) is 0. The van der Waals surface area contributed by atoms with Gasteiger partial charge in [0, 0.05) is 0 Å². The lowest BCUT2D eigenvalue weighted by molar-refractivity contribution is 0.186. The first-order valence-electron chi connectivity index (χ1n) is 3.63. The first-order valence-corrected chi connectivity index (χ1v) is 3.63. The smallest absolute Gasteiger partial charge is 0.0662 e. The molecule has 0 spiro atoms. The SMILES string of the molecule is C=C.C=C.C=C.C=C.C=C.N.OCCO. The normalized spacial score (nSPS) is 3.33. The van der Waals surface area contributed by atoms with Crippen molar-refractivity contribution in [2.75, 3.05) is 13.2 Å². The van der Waals surface area contributed by atoms with Gasteiger partial charge in [0.15, 0.2) is 0 Å². The van der Waals surface area contributed by atoms with Crippen LogP contribution in [-0.2, 0) is 0 Å². The fourth-order valence-corrected chi connectivity index (χ4v) is 0. The van der Waals surface area contributed by atoms with Crippen LogP contribution in [0.1, 0.15) is 0 Å². The van der Waals surface area contributed by atoms with Crippen LogP contribution >= 0.6 is 0 Å². The van der Waals surface area contributed by atoms with Crippen molar-refractivity contribution in [3.8, 4) is 0 Å². The van der Waals surface area contributed by atoms with Crippen LogP contribution < -0.4 is 6.15 Å². The molecular formula is C12H29NO2. The second kappa shape index (κ2) is 5010. The van der Waals surface area contributed by atoms with Gasteiger partial charge >= 0.3 is 0 Å². The minimum Gasteiger partial charge on any atom is -0.394 e. The molecule has 0 aliphatic rings. The fraction of sp³-hybridized carbons (Fsp3) is 0.167. The third-order valence-electron chi connectivity index (χ3n) is 0.1000. The summed E-state index contributed by atoms with van der Waals surface area (Å²) in [5.74, 6) is 0.